The highest BCUT2D eigenvalue weighted by molar-refractivity contribution is 5.21. The third-order valence-electron chi connectivity index (χ3n) is 1.90. The minimum absolute atomic E-state index is 0.848. The molecule has 72 valence electrons. The lowest BCUT2D eigenvalue weighted by Gasteiger charge is -2.21. The molecule has 0 amide bonds. The molecule has 1 aliphatic heterocycles. The van der Waals surface area contributed by atoms with Gasteiger partial charge in [-0.25, -0.2) is 0 Å². The van der Waals surface area contributed by atoms with Crippen molar-refractivity contribution >= 4 is 0 Å². The zero-order valence-electron chi connectivity index (χ0n) is 5.85. The number of hydrogen-bond donors (Lipinski definition) is 1. The fourth-order valence-corrected chi connectivity index (χ4v) is 1.12. The van der Waals surface area contributed by atoms with Crippen LogP contribution in [0.2, 0.25) is 0 Å². The molecule has 1 nitrogen and oxygen atoms in total. The Hall–Kier alpha value is -0.460. The molecule has 0 aromatic rings. The summed E-state index contributed by atoms with van der Waals surface area (Å²) in [5, 5.41) is 1.38. The summed E-state index contributed by atoms with van der Waals surface area (Å²) in [5.74, 6) is 0. The number of rotatable bonds is 0. The van der Waals surface area contributed by atoms with Gasteiger partial charge in [-0.1, -0.05) is 0 Å². The van der Waals surface area contributed by atoms with Gasteiger partial charge in [0.25, 0.3) is 0 Å². The highest BCUT2D eigenvalue weighted by Crippen LogP contribution is 2.52. The molecule has 0 aliphatic carbocycles. The second-order valence-corrected chi connectivity index (χ2v) is 2.67. The lowest BCUT2D eigenvalue weighted by molar-refractivity contribution is -0.267. The van der Waals surface area contributed by atoms with Crippen LogP contribution < -0.4 is 5.32 Å². The first-order valence-corrected chi connectivity index (χ1v) is 3.04. The Labute approximate surface area is 63.7 Å². The molecule has 1 N–H and O–H groups in total. The molecule has 12 heavy (non-hydrogen) atoms. The Kier molecular flexibility index (Phi) is 1.66. The first kappa shape index (κ1) is 9.63. The topological polar surface area (TPSA) is 21.9 Å². The van der Waals surface area contributed by atoms with E-state index in [9.17, 15) is 26.3 Å². The third kappa shape index (κ3) is 0.988. The van der Waals surface area contributed by atoms with Gasteiger partial charge in [-0.05, 0) is 6.92 Å². The Morgan fingerprint density at radius 1 is 1.00 bits per heavy atom. The van der Waals surface area contributed by atoms with E-state index in [-0.39, 0.29) is 0 Å². The normalized spacial score (nSPS) is 28.8. The van der Waals surface area contributed by atoms with Crippen molar-refractivity contribution in [2.24, 2.45) is 0 Å². The second-order valence-electron chi connectivity index (χ2n) is 2.67. The predicted octanol–water partition coefficient (Wildman–Crippen LogP) is 1.84. The third-order valence-corrected chi connectivity index (χ3v) is 1.90. The van der Waals surface area contributed by atoms with E-state index < -0.39 is 23.9 Å². The van der Waals surface area contributed by atoms with Gasteiger partial charge in [0, 0.05) is 6.04 Å². The van der Waals surface area contributed by atoms with Gasteiger partial charge in [0.2, 0.25) is 5.54 Å². The van der Waals surface area contributed by atoms with Crippen molar-refractivity contribution in [1.29, 1.82) is 0 Å². The van der Waals surface area contributed by atoms with Gasteiger partial charge in [-0.15, -0.1) is 0 Å². The summed E-state index contributed by atoms with van der Waals surface area (Å²) in [6.45, 7) is 0.848. The molecular weight excluding hydrogens is 188 g/mol. The number of nitrogens with one attached hydrogen (secondary N) is 1. The second kappa shape index (κ2) is 2.07. The first-order valence-electron chi connectivity index (χ1n) is 3.04. The molecule has 0 aromatic heterocycles. The molecule has 0 aromatic carbocycles. The van der Waals surface area contributed by atoms with Crippen LogP contribution in [0.3, 0.4) is 0 Å². The van der Waals surface area contributed by atoms with E-state index in [0.29, 0.717) is 0 Å². The van der Waals surface area contributed by atoms with Crippen molar-refractivity contribution in [1.82, 2.24) is 5.32 Å². The molecule has 1 rings (SSSR count). The van der Waals surface area contributed by atoms with E-state index in [4.69, 9.17) is 0 Å². The maximum absolute atomic E-state index is 11.9. The molecule has 1 unspecified atom stereocenters. The quantitative estimate of drug-likeness (QED) is 0.460. The van der Waals surface area contributed by atoms with E-state index in [2.05, 4.69) is 0 Å². The molecule has 7 heteroatoms. The van der Waals surface area contributed by atoms with Crippen molar-refractivity contribution in [3.05, 3.63) is 0 Å². The Balaban J connectivity index is 2.96. The molecular formula is C5H5F6N. The lowest BCUT2D eigenvalue weighted by atomic mass is 10.1. The van der Waals surface area contributed by atoms with Crippen LogP contribution in [0.5, 0.6) is 0 Å². The zero-order chi connectivity index (χ0) is 9.78. The summed E-state index contributed by atoms with van der Waals surface area (Å²) in [4.78, 5) is 0. The van der Waals surface area contributed by atoms with Gasteiger partial charge in [0.15, 0.2) is 0 Å². The van der Waals surface area contributed by atoms with Crippen molar-refractivity contribution in [2.75, 3.05) is 0 Å². The standard InChI is InChI=1S/C5H5F6N/c1-2-3(12-2,4(6,7)8)5(9,10)11/h2,12H,1H3. The summed E-state index contributed by atoms with van der Waals surface area (Å²) < 4.78 is 71.2. The summed E-state index contributed by atoms with van der Waals surface area (Å²) in [5.41, 5.74) is -3.67. The SMILES string of the molecule is CC1NC1(C(F)(F)F)C(F)(F)F. The summed E-state index contributed by atoms with van der Waals surface area (Å²) in [7, 11) is 0. The largest absolute Gasteiger partial charge is 0.417 e. The van der Waals surface area contributed by atoms with E-state index in [1.54, 1.807) is 0 Å². The van der Waals surface area contributed by atoms with Crippen LogP contribution in [0.15, 0.2) is 0 Å². The molecule has 0 radical (unpaired) electrons. The van der Waals surface area contributed by atoms with Crippen LogP contribution in [0.4, 0.5) is 26.3 Å². The van der Waals surface area contributed by atoms with E-state index in [0.717, 1.165) is 6.92 Å². The molecule has 1 atom stereocenters. The first-order chi connectivity index (χ1) is 5.13. The molecule has 1 aliphatic rings. The highest BCUT2D eigenvalue weighted by atomic mass is 19.4. The highest BCUT2D eigenvalue weighted by Gasteiger charge is 2.82. The van der Waals surface area contributed by atoms with Gasteiger partial charge in [-0.2, -0.15) is 26.3 Å². The monoisotopic (exact) mass is 193 g/mol. The maximum Gasteiger partial charge on any atom is 0.417 e. The van der Waals surface area contributed by atoms with Crippen LogP contribution in [0.1, 0.15) is 6.92 Å². The van der Waals surface area contributed by atoms with Crippen molar-refractivity contribution in [2.45, 2.75) is 30.9 Å². The van der Waals surface area contributed by atoms with Crippen LogP contribution in [0, 0.1) is 0 Å². The Morgan fingerprint density at radius 2 is 1.25 bits per heavy atom. The van der Waals surface area contributed by atoms with Gasteiger partial charge in [-0.3, -0.25) is 5.32 Å². The van der Waals surface area contributed by atoms with Crippen molar-refractivity contribution in [3.8, 4) is 0 Å². The van der Waals surface area contributed by atoms with Gasteiger partial charge in [0.05, 0.1) is 0 Å². The summed E-state index contributed by atoms with van der Waals surface area (Å²) in [6, 6.07) is -1.59. The maximum atomic E-state index is 11.9. The zero-order valence-corrected chi connectivity index (χ0v) is 5.85. The number of alkyl halides is 6. The van der Waals surface area contributed by atoms with Crippen LogP contribution in [-0.2, 0) is 0 Å². The Morgan fingerprint density at radius 3 is 1.25 bits per heavy atom. The number of halogens is 6. The van der Waals surface area contributed by atoms with Gasteiger partial charge >= 0.3 is 12.4 Å². The van der Waals surface area contributed by atoms with Gasteiger partial charge < -0.3 is 0 Å². The fourth-order valence-electron chi connectivity index (χ4n) is 1.12. The van der Waals surface area contributed by atoms with Crippen molar-refractivity contribution in [3.63, 3.8) is 0 Å². The minimum Gasteiger partial charge on any atom is -0.290 e. The average molecular weight is 193 g/mol. The minimum atomic E-state index is -5.27. The predicted molar refractivity (Wildman–Crippen MR) is 27.4 cm³/mol. The molecule has 1 fully saturated rings. The van der Waals surface area contributed by atoms with E-state index >= 15 is 0 Å². The number of hydrogen-bond acceptors (Lipinski definition) is 1. The lowest BCUT2D eigenvalue weighted by Crippen LogP contribution is -2.49. The van der Waals surface area contributed by atoms with Crippen LogP contribution >= 0.6 is 0 Å². The van der Waals surface area contributed by atoms with Crippen LogP contribution in [0.25, 0.3) is 0 Å². The molecule has 0 saturated carbocycles. The molecule has 1 heterocycles. The molecule has 1 saturated heterocycles. The Bertz CT molecular complexity index is 177. The fraction of sp³-hybridized carbons (Fsp3) is 1.00. The molecule has 0 spiro atoms. The van der Waals surface area contributed by atoms with Gasteiger partial charge in [0.1, 0.15) is 0 Å². The van der Waals surface area contributed by atoms with Crippen molar-refractivity contribution < 1.29 is 26.3 Å². The summed E-state index contributed by atoms with van der Waals surface area (Å²) >= 11 is 0. The smallest absolute Gasteiger partial charge is 0.290 e. The molecule has 0 bridgehead atoms. The van der Waals surface area contributed by atoms with E-state index in [1.165, 1.54) is 5.32 Å². The average Bonchev–Trinajstić information content (AvgIpc) is 2.36. The summed E-state index contributed by atoms with van der Waals surface area (Å²) in [6.07, 6.45) is -10.5. The van der Waals surface area contributed by atoms with Crippen LogP contribution in [-0.4, -0.2) is 23.9 Å². The van der Waals surface area contributed by atoms with E-state index in [1.807, 2.05) is 0 Å².